The molecular weight excluding hydrogens is 304 g/mol. The molecule has 3 N–H and O–H groups in total. The third kappa shape index (κ3) is 3.78. The number of aromatic nitrogens is 1. The molecule has 1 heterocycles. The zero-order valence-corrected chi connectivity index (χ0v) is 13.8. The van der Waals surface area contributed by atoms with Crippen molar-refractivity contribution in [2.45, 2.75) is 51.0 Å². The monoisotopic (exact) mass is 328 g/mol. The SMILES string of the molecule is O=C(NC(Cc1c[nH]c2ccccc12)C(=O)O)C1CCCCCC1. The van der Waals surface area contributed by atoms with Crippen molar-refractivity contribution in [2.24, 2.45) is 5.92 Å². The van der Waals surface area contributed by atoms with Crippen molar-refractivity contribution in [3.05, 3.63) is 36.0 Å². The molecule has 0 bridgehead atoms. The van der Waals surface area contributed by atoms with Crippen LogP contribution in [0.25, 0.3) is 10.9 Å². The molecule has 128 valence electrons. The summed E-state index contributed by atoms with van der Waals surface area (Å²) in [6.07, 6.45) is 8.30. The molecule has 1 unspecified atom stereocenters. The maximum atomic E-state index is 12.5. The van der Waals surface area contributed by atoms with E-state index < -0.39 is 12.0 Å². The highest BCUT2D eigenvalue weighted by atomic mass is 16.4. The van der Waals surface area contributed by atoms with Gasteiger partial charge in [-0.3, -0.25) is 4.79 Å². The lowest BCUT2D eigenvalue weighted by atomic mass is 9.98. The molecule has 1 aromatic heterocycles. The summed E-state index contributed by atoms with van der Waals surface area (Å²) < 4.78 is 0. The van der Waals surface area contributed by atoms with Crippen molar-refractivity contribution in [1.82, 2.24) is 10.3 Å². The van der Waals surface area contributed by atoms with Gasteiger partial charge < -0.3 is 15.4 Å². The van der Waals surface area contributed by atoms with Gasteiger partial charge in [0.25, 0.3) is 0 Å². The van der Waals surface area contributed by atoms with Crippen LogP contribution in [0.1, 0.15) is 44.1 Å². The number of hydrogen-bond acceptors (Lipinski definition) is 2. The fourth-order valence-electron chi connectivity index (χ4n) is 3.55. The van der Waals surface area contributed by atoms with Gasteiger partial charge in [0, 0.05) is 29.4 Å². The highest BCUT2D eigenvalue weighted by Crippen LogP contribution is 2.24. The summed E-state index contributed by atoms with van der Waals surface area (Å²) in [5.74, 6) is -1.14. The predicted molar refractivity (Wildman–Crippen MR) is 92.8 cm³/mol. The number of aromatic amines is 1. The second kappa shape index (κ2) is 7.51. The van der Waals surface area contributed by atoms with Crippen LogP contribution in [-0.2, 0) is 16.0 Å². The minimum atomic E-state index is -0.984. The topological polar surface area (TPSA) is 82.2 Å². The van der Waals surface area contributed by atoms with E-state index in [9.17, 15) is 14.7 Å². The fraction of sp³-hybridized carbons (Fsp3) is 0.474. The highest BCUT2D eigenvalue weighted by molar-refractivity contribution is 5.87. The van der Waals surface area contributed by atoms with Crippen LogP contribution in [0.4, 0.5) is 0 Å². The first-order chi connectivity index (χ1) is 11.6. The first-order valence-corrected chi connectivity index (χ1v) is 8.73. The Bertz CT molecular complexity index is 714. The van der Waals surface area contributed by atoms with Gasteiger partial charge in [-0.05, 0) is 24.5 Å². The van der Waals surface area contributed by atoms with Gasteiger partial charge in [-0.25, -0.2) is 4.79 Å². The van der Waals surface area contributed by atoms with Crippen molar-refractivity contribution in [1.29, 1.82) is 0 Å². The van der Waals surface area contributed by atoms with E-state index >= 15 is 0 Å². The average Bonchev–Trinajstić information content (AvgIpc) is 2.80. The Labute approximate surface area is 141 Å². The summed E-state index contributed by atoms with van der Waals surface area (Å²) in [6, 6.07) is 6.90. The van der Waals surface area contributed by atoms with Crippen molar-refractivity contribution in [3.8, 4) is 0 Å². The lowest BCUT2D eigenvalue weighted by molar-refractivity contribution is -0.142. The van der Waals surface area contributed by atoms with Crippen LogP contribution >= 0.6 is 0 Å². The average molecular weight is 328 g/mol. The number of aliphatic carboxylic acids is 1. The van der Waals surface area contributed by atoms with Gasteiger partial charge in [0.2, 0.25) is 5.91 Å². The lowest BCUT2D eigenvalue weighted by Crippen LogP contribution is -2.44. The molecule has 3 rings (SSSR count). The van der Waals surface area contributed by atoms with Crippen molar-refractivity contribution in [2.75, 3.05) is 0 Å². The molecule has 1 aliphatic carbocycles. The molecule has 0 saturated heterocycles. The van der Waals surface area contributed by atoms with Crippen LogP contribution in [0.2, 0.25) is 0 Å². The van der Waals surface area contributed by atoms with Crippen LogP contribution in [0.5, 0.6) is 0 Å². The van der Waals surface area contributed by atoms with E-state index in [1.807, 2.05) is 30.5 Å². The Morgan fingerprint density at radius 1 is 1.17 bits per heavy atom. The summed E-state index contributed by atoms with van der Waals surface area (Å²) >= 11 is 0. The van der Waals surface area contributed by atoms with Gasteiger partial charge >= 0.3 is 5.97 Å². The number of carboxylic acids is 1. The van der Waals surface area contributed by atoms with Crippen LogP contribution in [0, 0.1) is 5.92 Å². The Morgan fingerprint density at radius 2 is 1.88 bits per heavy atom. The Balaban J connectivity index is 1.70. The molecule has 1 amide bonds. The second-order valence-electron chi connectivity index (χ2n) is 6.65. The smallest absolute Gasteiger partial charge is 0.326 e. The van der Waals surface area contributed by atoms with Gasteiger partial charge in [0.05, 0.1) is 0 Å². The van der Waals surface area contributed by atoms with E-state index in [-0.39, 0.29) is 18.2 Å². The number of para-hydroxylation sites is 1. The third-order valence-electron chi connectivity index (χ3n) is 4.94. The summed E-state index contributed by atoms with van der Waals surface area (Å²) in [6.45, 7) is 0. The van der Waals surface area contributed by atoms with Gasteiger partial charge in [0.1, 0.15) is 6.04 Å². The highest BCUT2D eigenvalue weighted by Gasteiger charge is 2.26. The molecule has 1 saturated carbocycles. The maximum Gasteiger partial charge on any atom is 0.326 e. The lowest BCUT2D eigenvalue weighted by Gasteiger charge is -2.19. The van der Waals surface area contributed by atoms with Crippen LogP contribution in [0.15, 0.2) is 30.5 Å². The number of H-pyrrole nitrogens is 1. The Morgan fingerprint density at radius 3 is 2.58 bits per heavy atom. The number of fused-ring (bicyclic) bond motifs is 1. The second-order valence-corrected chi connectivity index (χ2v) is 6.65. The molecule has 5 heteroatoms. The minimum absolute atomic E-state index is 0.0441. The van der Waals surface area contributed by atoms with E-state index in [1.165, 1.54) is 12.8 Å². The van der Waals surface area contributed by atoms with Gasteiger partial charge in [-0.15, -0.1) is 0 Å². The standard InChI is InChI=1S/C19H24N2O3/c22-18(13-7-3-1-2-4-8-13)21-17(19(23)24)11-14-12-20-16-10-6-5-9-15(14)16/h5-6,9-10,12-13,17,20H,1-4,7-8,11H2,(H,21,22)(H,23,24). The molecule has 2 aromatic rings. The minimum Gasteiger partial charge on any atom is -0.480 e. The first kappa shape index (κ1) is 16.6. The predicted octanol–water partition coefficient (Wildman–Crippen LogP) is 3.25. The molecule has 1 aromatic carbocycles. The maximum absolute atomic E-state index is 12.5. The molecule has 0 spiro atoms. The van der Waals surface area contributed by atoms with Crippen LogP contribution in [0.3, 0.4) is 0 Å². The summed E-state index contributed by atoms with van der Waals surface area (Å²) in [5, 5.41) is 13.3. The van der Waals surface area contributed by atoms with Crippen molar-refractivity contribution in [3.63, 3.8) is 0 Å². The number of benzene rings is 1. The molecule has 24 heavy (non-hydrogen) atoms. The summed E-state index contributed by atoms with van der Waals surface area (Å²) in [7, 11) is 0. The molecule has 5 nitrogen and oxygen atoms in total. The number of nitrogens with one attached hydrogen (secondary N) is 2. The molecular formula is C19H24N2O3. The van der Waals surface area contributed by atoms with Crippen LogP contribution in [-0.4, -0.2) is 28.0 Å². The van der Waals surface area contributed by atoms with Crippen molar-refractivity contribution < 1.29 is 14.7 Å². The molecule has 1 fully saturated rings. The van der Waals surface area contributed by atoms with Crippen LogP contribution < -0.4 is 5.32 Å². The van der Waals surface area contributed by atoms with Gasteiger partial charge in [-0.2, -0.15) is 0 Å². The number of carboxylic acid groups (broad SMARTS) is 1. The van der Waals surface area contributed by atoms with E-state index in [2.05, 4.69) is 10.3 Å². The zero-order valence-electron chi connectivity index (χ0n) is 13.8. The molecule has 0 radical (unpaired) electrons. The number of rotatable bonds is 5. The molecule has 1 aliphatic rings. The Hall–Kier alpha value is -2.30. The third-order valence-corrected chi connectivity index (χ3v) is 4.94. The molecule has 0 aliphatic heterocycles. The first-order valence-electron chi connectivity index (χ1n) is 8.73. The number of carbonyl (C=O) groups excluding carboxylic acids is 1. The quantitative estimate of drug-likeness (QED) is 0.737. The Kier molecular flexibility index (Phi) is 5.18. The van der Waals surface area contributed by atoms with Gasteiger partial charge in [-0.1, -0.05) is 43.9 Å². The zero-order chi connectivity index (χ0) is 16.9. The molecule has 1 atom stereocenters. The van der Waals surface area contributed by atoms with Gasteiger partial charge in [0.15, 0.2) is 0 Å². The number of hydrogen-bond donors (Lipinski definition) is 3. The van der Waals surface area contributed by atoms with E-state index in [0.29, 0.717) is 0 Å². The van der Waals surface area contributed by atoms with Crippen molar-refractivity contribution >= 4 is 22.8 Å². The summed E-state index contributed by atoms with van der Waals surface area (Å²) in [4.78, 5) is 27.3. The van der Waals surface area contributed by atoms with E-state index in [0.717, 1.165) is 42.1 Å². The summed E-state index contributed by atoms with van der Waals surface area (Å²) in [5.41, 5.74) is 1.89. The largest absolute Gasteiger partial charge is 0.480 e. The number of carbonyl (C=O) groups is 2. The number of amides is 1. The van der Waals surface area contributed by atoms with E-state index in [1.54, 1.807) is 0 Å². The normalized spacial score (nSPS) is 17.3. The van der Waals surface area contributed by atoms with E-state index in [4.69, 9.17) is 0 Å². The fourth-order valence-corrected chi connectivity index (χ4v) is 3.55.